The van der Waals surface area contributed by atoms with Crippen LogP contribution in [0.25, 0.3) is 27.0 Å². The molecule has 1 aromatic heterocycles. The van der Waals surface area contributed by atoms with E-state index in [9.17, 15) is 0 Å². The van der Waals surface area contributed by atoms with Gasteiger partial charge in [0.1, 0.15) is 6.33 Å². The molecule has 84 valence electrons. The molecule has 3 heteroatoms. The highest BCUT2D eigenvalue weighted by Crippen LogP contribution is 2.27. The minimum Gasteiger partial charge on any atom is -0.238 e. The van der Waals surface area contributed by atoms with Crippen molar-refractivity contribution < 1.29 is 0 Å². The number of aromatic nitrogens is 2. The van der Waals surface area contributed by atoms with E-state index in [2.05, 4.69) is 14.8 Å². The van der Waals surface area contributed by atoms with Crippen molar-refractivity contribution in [3.63, 3.8) is 0 Å². The van der Waals surface area contributed by atoms with E-state index in [1.807, 2.05) is 36.4 Å². The first kappa shape index (κ1) is 10.4. The summed E-state index contributed by atoms with van der Waals surface area (Å²) in [4.78, 5) is 12.0. The predicted molar refractivity (Wildman–Crippen MR) is 71.2 cm³/mol. The molecule has 18 heavy (non-hydrogen) atoms. The Labute approximate surface area is 105 Å². The molecule has 0 atom stereocenters. The molecule has 0 fully saturated rings. The van der Waals surface area contributed by atoms with Crippen LogP contribution in [-0.4, -0.2) is 9.97 Å². The molecule has 3 rings (SSSR count). The zero-order chi connectivity index (χ0) is 12.4. The fourth-order valence-corrected chi connectivity index (χ4v) is 1.94. The first-order valence-corrected chi connectivity index (χ1v) is 5.56. The third-order valence-corrected chi connectivity index (χ3v) is 2.80. The van der Waals surface area contributed by atoms with Crippen molar-refractivity contribution in [1.82, 2.24) is 9.97 Å². The molecule has 0 saturated heterocycles. The van der Waals surface area contributed by atoms with Crippen molar-refractivity contribution in [3.05, 3.63) is 66.3 Å². The first-order chi connectivity index (χ1) is 8.88. The Kier molecular flexibility index (Phi) is 2.47. The van der Waals surface area contributed by atoms with Crippen LogP contribution in [0.15, 0.2) is 54.9 Å². The number of fused-ring (bicyclic) bond motifs is 1. The van der Waals surface area contributed by atoms with Gasteiger partial charge in [-0.15, -0.1) is 0 Å². The molecule has 0 saturated carbocycles. The van der Waals surface area contributed by atoms with E-state index in [0.717, 1.165) is 22.2 Å². The summed E-state index contributed by atoms with van der Waals surface area (Å²) < 4.78 is 0. The highest BCUT2D eigenvalue weighted by Gasteiger charge is 2.06. The van der Waals surface area contributed by atoms with Gasteiger partial charge in [-0.3, -0.25) is 0 Å². The predicted octanol–water partition coefficient (Wildman–Crippen LogP) is 3.85. The zero-order valence-electron chi connectivity index (χ0n) is 9.54. The fraction of sp³-hybridized carbons (Fsp3) is 0. The first-order valence-electron chi connectivity index (χ1n) is 5.56. The molecule has 0 aliphatic heterocycles. The quantitative estimate of drug-likeness (QED) is 0.595. The summed E-state index contributed by atoms with van der Waals surface area (Å²) in [6, 6.07) is 15.5. The third kappa shape index (κ3) is 1.70. The molecule has 0 aliphatic carbocycles. The number of benzene rings is 2. The van der Waals surface area contributed by atoms with E-state index >= 15 is 0 Å². The van der Waals surface area contributed by atoms with Crippen LogP contribution in [-0.2, 0) is 0 Å². The molecule has 3 aromatic rings. The van der Waals surface area contributed by atoms with Crippen LogP contribution in [0.4, 0.5) is 5.69 Å². The summed E-state index contributed by atoms with van der Waals surface area (Å²) in [7, 11) is 0. The van der Waals surface area contributed by atoms with Gasteiger partial charge in [-0.1, -0.05) is 42.5 Å². The van der Waals surface area contributed by atoms with Crippen molar-refractivity contribution in [2.24, 2.45) is 0 Å². The largest absolute Gasteiger partial charge is 0.238 e. The van der Waals surface area contributed by atoms with Crippen molar-refractivity contribution in [2.45, 2.75) is 0 Å². The summed E-state index contributed by atoms with van der Waals surface area (Å²) in [5.74, 6) is 0. The summed E-state index contributed by atoms with van der Waals surface area (Å²) in [6.07, 6.45) is 1.54. The summed E-state index contributed by atoms with van der Waals surface area (Å²) >= 11 is 0. The number of hydrogen-bond donors (Lipinski definition) is 0. The van der Waals surface area contributed by atoms with E-state index in [-0.39, 0.29) is 0 Å². The lowest BCUT2D eigenvalue weighted by Crippen LogP contribution is -1.88. The average Bonchev–Trinajstić information content (AvgIpc) is 2.47. The smallest absolute Gasteiger partial charge is 0.189 e. The van der Waals surface area contributed by atoms with Gasteiger partial charge in [0.25, 0.3) is 0 Å². The molecular weight excluding hydrogens is 222 g/mol. The van der Waals surface area contributed by atoms with Crippen LogP contribution in [0.3, 0.4) is 0 Å². The highest BCUT2D eigenvalue weighted by molar-refractivity contribution is 5.93. The molecule has 0 amide bonds. The molecule has 0 bridgehead atoms. The molecule has 0 aliphatic rings. The SMILES string of the molecule is [C-]#[N+]c1ccc2c(-c3ccccc3)ncnc2c1. The normalized spacial score (nSPS) is 10.2. The second-order valence-electron chi connectivity index (χ2n) is 3.90. The fourth-order valence-electron chi connectivity index (χ4n) is 1.94. The number of hydrogen-bond acceptors (Lipinski definition) is 2. The molecule has 0 unspecified atom stereocenters. The summed E-state index contributed by atoms with van der Waals surface area (Å²) in [5.41, 5.74) is 3.36. The Morgan fingerprint density at radius 3 is 2.56 bits per heavy atom. The molecule has 0 spiro atoms. The van der Waals surface area contributed by atoms with Crippen molar-refractivity contribution in [2.75, 3.05) is 0 Å². The lowest BCUT2D eigenvalue weighted by molar-refractivity contribution is 1.22. The van der Waals surface area contributed by atoms with Crippen LogP contribution in [0, 0.1) is 6.57 Å². The monoisotopic (exact) mass is 231 g/mol. The van der Waals surface area contributed by atoms with Gasteiger partial charge in [0.2, 0.25) is 0 Å². The molecule has 3 nitrogen and oxygen atoms in total. The van der Waals surface area contributed by atoms with Crippen LogP contribution in [0.5, 0.6) is 0 Å². The average molecular weight is 231 g/mol. The molecule has 0 radical (unpaired) electrons. The van der Waals surface area contributed by atoms with Crippen molar-refractivity contribution in [3.8, 4) is 11.3 Å². The van der Waals surface area contributed by atoms with Crippen LogP contribution in [0.1, 0.15) is 0 Å². The van der Waals surface area contributed by atoms with Crippen LogP contribution in [0.2, 0.25) is 0 Å². The number of nitrogens with zero attached hydrogens (tertiary/aromatic N) is 3. The van der Waals surface area contributed by atoms with Gasteiger partial charge >= 0.3 is 0 Å². The van der Waals surface area contributed by atoms with Crippen LogP contribution >= 0.6 is 0 Å². The highest BCUT2D eigenvalue weighted by atomic mass is 14.8. The van der Waals surface area contributed by atoms with E-state index in [1.54, 1.807) is 18.5 Å². The van der Waals surface area contributed by atoms with E-state index in [1.165, 1.54) is 0 Å². The van der Waals surface area contributed by atoms with Crippen LogP contribution < -0.4 is 0 Å². The van der Waals surface area contributed by atoms with Gasteiger partial charge in [0.15, 0.2) is 5.69 Å². The Bertz CT molecular complexity index is 743. The van der Waals surface area contributed by atoms with Gasteiger partial charge in [0.05, 0.1) is 17.8 Å². The minimum absolute atomic E-state index is 0.597. The Hall–Kier alpha value is -2.73. The molecule has 1 heterocycles. The second-order valence-corrected chi connectivity index (χ2v) is 3.90. The standard InChI is InChI=1S/C15H9N3/c1-16-12-7-8-13-14(9-12)17-10-18-15(13)11-5-3-2-4-6-11/h2-10H. The lowest BCUT2D eigenvalue weighted by atomic mass is 10.1. The topological polar surface area (TPSA) is 30.1 Å². The van der Waals surface area contributed by atoms with Gasteiger partial charge < -0.3 is 0 Å². The maximum absolute atomic E-state index is 7.02. The molecule has 0 N–H and O–H groups in total. The van der Waals surface area contributed by atoms with E-state index in [0.29, 0.717) is 5.69 Å². The van der Waals surface area contributed by atoms with E-state index < -0.39 is 0 Å². The Morgan fingerprint density at radius 1 is 0.944 bits per heavy atom. The molecular formula is C15H9N3. The second kappa shape index (κ2) is 4.27. The van der Waals surface area contributed by atoms with E-state index in [4.69, 9.17) is 6.57 Å². The summed E-state index contributed by atoms with van der Waals surface area (Å²) in [5, 5.41) is 0.969. The maximum Gasteiger partial charge on any atom is 0.189 e. The van der Waals surface area contributed by atoms with Crippen molar-refractivity contribution in [1.29, 1.82) is 0 Å². The molecule has 2 aromatic carbocycles. The van der Waals surface area contributed by atoms with Gasteiger partial charge in [0, 0.05) is 10.9 Å². The minimum atomic E-state index is 0.597. The van der Waals surface area contributed by atoms with Gasteiger partial charge in [-0.2, -0.15) is 0 Å². The Morgan fingerprint density at radius 2 is 1.78 bits per heavy atom. The van der Waals surface area contributed by atoms with Crippen molar-refractivity contribution >= 4 is 16.6 Å². The Balaban J connectivity index is 2.29. The summed E-state index contributed by atoms with van der Waals surface area (Å²) in [6.45, 7) is 7.02. The third-order valence-electron chi connectivity index (χ3n) is 2.80. The zero-order valence-corrected chi connectivity index (χ0v) is 9.54. The lowest BCUT2D eigenvalue weighted by Gasteiger charge is -2.05. The van der Waals surface area contributed by atoms with Gasteiger partial charge in [-0.05, 0) is 6.07 Å². The number of rotatable bonds is 1. The maximum atomic E-state index is 7.02. The van der Waals surface area contributed by atoms with Gasteiger partial charge in [-0.25, -0.2) is 14.8 Å².